The highest BCUT2D eigenvalue weighted by Crippen LogP contribution is 2.23. The van der Waals surface area contributed by atoms with E-state index in [1.807, 2.05) is 51.2 Å². The minimum Gasteiger partial charge on any atom is -0.444 e. The zero-order valence-electron chi connectivity index (χ0n) is 16.6. The van der Waals surface area contributed by atoms with E-state index < -0.39 is 11.7 Å². The van der Waals surface area contributed by atoms with Gasteiger partial charge in [0.1, 0.15) is 10.8 Å². The van der Waals surface area contributed by atoms with Crippen LogP contribution in [0.1, 0.15) is 26.3 Å². The molecule has 3 rings (SSSR count). The summed E-state index contributed by atoms with van der Waals surface area (Å²) < 4.78 is 6.14. The number of rotatable bonds is 6. The number of ether oxygens (including phenoxy) is 1. The third-order valence-corrected chi connectivity index (χ3v) is 5.34. The van der Waals surface area contributed by atoms with E-state index in [2.05, 4.69) is 42.6 Å². The number of alkyl carbamates (subject to hydrolysis) is 1. The number of carbonyl (C=O) groups is 1. The number of fused-ring (bicyclic) bond motifs is 1. The standard InChI is InChI=1S/C21H24BrClN4O2/c1-21(2,3)29-20(28)27-15(12-24-14-9-17(22)19(23)26-11-14)8-13-10-25-18-7-5-4-6-16(13)18/h4-7,9-11,15,24-25H,8,12H2,1-3H3,(H,27,28)/t15-/m0/s1. The van der Waals surface area contributed by atoms with Gasteiger partial charge in [-0.15, -0.1) is 0 Å². The van der Waals surface area contributed by atoms with Crippen LogP contribution >= 0.6 is 27.5 Å². The molecule has 6 nitrogen and oxygen atoms in total. The Hall–Kier alpha value is -2.25. The van der Waals surface area contributed by atoms with Crippen molar-refractivity contribution >= 4 is 50.2 Å². The van der Waals surface area contributed by atoms with Crippen LogP contribution in [0, 0.1) is 0 Å². The molecule has 0 saturated heterocycles. The van der Waals surface area contributed by atoms with Gasteiger partial charge in [0.2, 0.25) is 0 Å². The van der Waals surface area contributed by atoms with E-state index in [0.717, 1.165) is 22.2 Å². The number of benzene rings is 1. The minimum absolute atomic E-state index is 0.196. The molecule has 1 atom stereocenters. The molecule has 1 amide bonds. The number of amides is 1. The number of para-hydroxylation sites is 1. The topological polar surface area (TPSA) is 79.0 Å². The molecule has 3 N–H and O–H groups in total. The van der Waals surface area contributed by atoms with Crippen molar-refractivity contribution in [2.45, 2.75) is 38.8 Å². The van der Waals surface area contributed by atoms with Gasteiger partial charge in [-0.3, -0.25) is 0 Å². The first-order valence-corrected chi connectivity index (χ1v) is 10.5. The van der Waals surface area contributed by atoms with Gasteiger partial charge in [-0.1, -0.05) is 29.8 Å². The fraction of sp³-hybridized carbons (Fsp3) is 0.333. The summed E-state index contributed by atoms with van der Waals surface area (Å²) in [6, 6.07) is 9.75. The number of halogens is 2. The van der Waals surface area contributed by atoms with Crippen molar-refractivity contribution in [1.29, 1.82) is 0 Å². The molecule has 8 heteroatoms. The van der Waals surface area contributed by atoms with Crippen molar-refractivity contribution < 1.29 is 9.53 Å². The van der Waals surface area contributed by atoms with E-state index in [1.54, 1.807) is 6.20 Å². The van der Waals surface area contributed by atoms with Crippen molar-refractivity contribution in [3.63, 3.8) is 0 Å². The minimum atomic E-state index is -0.562. The van der Waals surface area contributed by atoms with Crippen molar-refractivity contribution in [2.75, 3.05) is 11.9 Å². The molecule has 0 fully saturated rings. The zero-order chi connectivity index (χ0) is 21.0. The molecule has 0 spiro atoms. The number of nitrogens with zero attached hydrogens (tertiary/aromatic N) is 1. The first-order chi connectivity index (χ1) is 13.7. The van der Waals surface area contributed by atoms with Crippen LogP contribution in [-0.4, -0.2) is 34.2 Å². The lowest BCUT2D eigenvalue weighted by Crippen LogP contribution is -2.43. The molecule has 0 aliphatic carbocycles. The number of nitrogens with one attached hydrogen (secondary N) is 3. The monoisotopic (exact) mass is 478 g/mol. The summed E-state index contributed by atoms with van der Waals surface area (Å²) in [5.74, 6) is 0. The van der Waals surface area contributed by atoms with Gasteiger partial charge in [-0.2, -0.15) is 0 Å². The number of anilines is 1. The molecule has 154 valence electrons. The first kappa shape index (κ1) is 21.5. The van der Waals surface area contributed by atoms with Crippen molar-refractivity contribution in [3.05, 3.63) is 57.9 Å². The summed E-state index contributed by atoms with van der Waals surface area (Å²) in [4.78, 5) is 19.8. The van der Waals surface area contributed by atoms with Crippen LogP contribution in [0.2, 0.25) is 5.15 Å². The van der Waals surface area contributed by atoms with Gasteiger partial charge >= 0.3 is 6.09 Å². The van der Waals surface area contributed by atoms with Crippen molar-refractivity contribution in [1.82, 2.24) is 15.3 Å². The van der Waals surface area contributed by atoms with E-state index in [9.17, 15) is 4.79 Å². The molecule has 0 saturated carbocycles. The SMILES string of the molecule is CC(C)(C)OC(=O)N[C@H](CNc1cnc(Cl)c(Br)c1)Cc1c[nH]c2ccccc12. The van der Waals surface area contributed by atoms with E-state index in [-0.39, 0.29) is 6.04 Å². The molecule has 29 heavy (non-hydrogen) atoms. The normalized spacial score (nSPS) is 12.6. The van der Waals surface area contributed by atoms with E-state index >= 15 is 0 Å². The molecule has 0 radical (unpaired) electrons. The summed E-state index contributed by atoms with van der Waals surface area (Å²) in [6.07, 6.45) is 3.83. The fourth-order valence-corrected chi connectivity index (χ4v) is 3.43. The third-order valence-electron chi connectivity index (χ3n) is 4.21. The number of H-pyrrole nitrogens is 1. The Labute approximate surface area is 183 Å². The molecule has 2 heterocycles. The van der Waals surface area contributed by atoms with Gasteiger partial charge in [-0.25, -0.2) is 9.78 Å². The van der Waals surface area contributed by atoms with E-state index in [1.165, 1.54) is 0 Å². The van der Waals surface area contributed by atoms with Crippen molar-refractivity contribution in [3.8, 4) is 0 Å². The highest BCUT2D eigenvalue weighted by Gasteiger charge is 2.21. The van der Waals surface area contributed by atoms with Crippen LogP contribution in [-0.2, 0) is 11.2 Å². The largest absolute Gasteiger partial charge is 0.444 e. The van der Waals surface area contributed by atoms with Crippen LogP contribution in [0.15, 0.2) is 47.2 Å². The van der Waals surface area contributed by atoms with Crippen LogP contribution in [0.5, 0.6) is 0 Å². The maximum absolute atomic E-state index is 12.4. The summed E-state index contributed by atoms with van der Waals surface area (Å²) >= 11 is 9.34. The second-order valence-corrected chi connectivity index (χ2v) is 9.00. The predicted octanol–water partition coefficient (Wildman–Crippen LogP) is 5.53. The van der Waals surface area contributed by atoms with Crippen LogP contribution in [0.3, 0.4) is 0 Å². The highest BCUT2D eigenvalue weighted by molar-refractivity contribution is 9.10. The summed E-state index contributed by atoms with van der Waals surface area (Å²) in [5, 5.41) is 7.83. The maximum Gasteiger partial charge on any atom is 0.407 e. The third kappa shape index (κ3) is 6.11. The first-order valence-electron chi connectivity index (χ1n) is 9.31. The molecule has 0 bridgehead atoms. The Morgan fingerprint density at radius 2 is 2.10 bits per heavy atom. The number of hydrogen-bond acceptors (Lipinski definition) is 4. The molecule has 0 aliphatic heterocycles. The smallest absolute Gasteiger partial charge is 0.407 e. The van der Waals surface area contributed by atoms with Gasteiger partial charge in [0, 0.05) is 23.6 Å². The Kier molecular flexibility index (Phi) is 6.70. The van der Waals surface area contributed by atoms with Crippen molar-refractivity contribution in [2.24, 2.45) is 0 Å². The lowest BCUT2D eigenvalue weighted by atomic mass is 10.0. The van der Waals surface area contributed by atoms with Gasteiger partial charge in [0.25, 0.3) is 0 Å². The molecular formula is C21H24BrClN4O2. The molecule has 0 unspecified atom stereocenters. The average molecular weight is 480 g/mol. The zero-order valence-corrected chi connectivity index (χ0v) is 18.9. The number of carbonyl (C=O) groups excluding carboxylic acids is 1. The van der Waals surface area contributed by atoms with E-state index in [0.29, 0.717) is 22.6 Å². The van der Waals surface area contributed by atoms with Gasteiger partial charge in [-0.05, 0) is 60.8 Å². The van der Waals surface area contributed by atoms with Gasteiger partial charge in [0.05, 0.1) is 22.4 Å². The second kappa shape index (κ2) is 9.05. The number of aromatic amines is 1. The Bertz CT molecular complexity index is 1000. The quantitative estimate of drug-likeness (QED) is 0.406. The molecule has 0 aliphatic rings. The predicted molar refractivity (Wildman–Crippen MR) is 121 cm³/mol. The van der Waals surface area contributed by atoms with Crippen LogP contribution < -0.4 is 10.6 Å². The number of pyridine rings is 1. The fourth-order valence-electron chi connectivity index (χ4n) is 2.97. The maximum atomic E-state index is 12.4. The Morgan fingerprint density at radius 3 is 2.83 bits per heavy atom. The highest BCUT2D eigenvalue weighted by atomic mass is 79.9. The number of hydrogen-bond donors (Lipinski definition) is 3. The lowest BCUT2D eigenvalue weighted by Gasteiger charge is -2.24. The summed E-state index contributed by atoms with van der Waals surface area (Å²) in [6.45, 7) is 6.03. The van der Waals surface area contributed by atoms with Gasteiger partial charge in [0.15, 0.2) is 0 Å². The average Bonchev–Trinajstić information content (AvgIpc) is 3.04. The lowest BCUT2D eigenvalue weighted by molar-refractivity contribution is 0.0507. The summed E-state index contributed by atoms with van der Waals surface area (Å²) in [5.41, 5.74) is 2.43. The second-order valence-electron chi connectivity index (χ2n) is 7.78. The molecule has 3 aromatic rings. The number of aromatic nitrogens is 2. The van der Waals surface area contributed by atoms with E-state index in [4.69, 9.17) is 16.3 Å². The Balaban J connectivity index is 1.75. The Morgan fingerprint density at radius 1 is 1.34 bits per heavy atom. The molecular weight excluding hydrogens is 456 g/mol. The molecule has 2 aromatic heterocycles. The molecule has 1 aromatic carbocycles. The van der Waals surface area contributed by atoms with Gasteiger partial charge < -0.3 is 20.4 Å². The summed E-state index contributed by atoms with van der Waals surface area (Å²) in [7, 11) is 0. The van der Waals surface area contributed by atoms with Crippen LogP contribution in [0.4, 0.5) is 10.5 Å². The van der Waals surface area contributed by atoms with Crippen LogP contribution in [0.25, 0.3) is 10.9 Å².